The van der Waals surface area contributed by atoms with Crippen LogP contribution in [0.5, 0.6) is 0 Å². The number of rotatable bonds is 4. The minimum atomic E-state index is -0.303. The summed E-state index contributed by atoms with van der Waals surface area (Å²) in [5.74, 6) is 0.819. The maximum absolute atomic E-state index is 12.5. The summed E-state index contributed by atoms with van der Waals surface area (Å²) in [6, 6.07) is 17.0. The molecule has 2 fully saturated rings. The Kier molecular flexibility index (Phi) is 3.97. The minimum Gasteiger partial charge on any atom is -0.449 e. The molecule has 140 valence electrons. The second-order valence-electron chi connectivity index (χ2n) is 8.43. The van der Waals surface area contributed by atoms with Crippen LogP contribution in [0.3, 0.4) is 0 Å². The van der Waals surface area contributed by atoms with E-state index in [1.807, 2.05) is 0 Å². The van der Waals surface area contributed by atoms with Crippen LogP contribution in [0.25, 0.3) is 11.1 Å². The molecule has 0 aromatic heterocycles. The van der Waals surface area contributed by atoms with Gasteiger partial charge in [0.2, 0.25) is 0 Å². The Labute approximate surface area is 160 Å². The van der Waals surface area contributed by atoms with Crippen molar-refractivity contribution in [1.82, 2.24) is 5.32 Å². The van der Waals surface area contributed by atoms with Gasteiger partial charge >= 0.3 is 6.09 Å². The molecule has 0 spiro atoms. The van der Waals surface area contributed by atoms with Gasteiger partial charge in [0.15, 0.2) is 0 Å². The molecule has 3 aliphatic carbocycles. The number of benzene rings is 2. The Hall–Kier alpha value is -2.33. The van der Waals surface area contributed by atoms with Gasteiger partial charge in [-0.1, -0.05) is 48.5 Å². The van der Waals surface area contributed by atoms with Crippen molar-refractivity contribution >= 4 is 6.09 Å². The lowest BCUT2D eigenvalue weighted by Crippen LogP contribution is -2.48. The third-order valence-electron chi connectivity index (χ3n) is 7.10. The topological polar surface area (TPSA) is 64.3 Å². The molecule has 0 heterocycles. The molecule has 27 heavy (non-hydrogen) atoms. The van der Waals surface area contributed by atoms with Crippen molar-refractivity contribution in [3.05, 3.63) is 59.7 Å². The third-order valence-corrected chi connectivity index (χ3v) is 7.10. The number of fused-ring (bicyclic) bond motifs is 5. The first kappa shape index (κ1) is 16.8. The number of hydrogen-bond acceptors (Lipinski definition) is 3. The quantitative estimate of drug-likeness (QED) is 0.863. The van der Waals surface area contributed by atoms with Crippen LogP contribution in [0.1, 0.15) is 42.7 Å². The maximum atomic E-state index is 12.5. The molecular weight excluding hydrogens is 336 g/mol. The Bertz CT molecular complexity index is 835. The van der Waals surface area contributed by atoms with E-state index in [0.29, 0.717) is 19.1 Å². The van der Waals surface area contributed by atoms with Crippen LogP contribution in [0.4, 0.5) is 4.79 Å². The molecule has 2 saturated carbocycles. The molecule has 4 nitrogen and oxygen atoms in total. The van der Waals surface area contributed by atoms with Crippen LogP contribution in [0.2, 0.25) is 0 Å². The van der Waals surface area contributed by atoms with Crippen molar-refractivity contribution in [2.45, 2.75) is 37.6 Å². The monoisotopic (exact) mass is 362 g/mol. The van der Waals surface area contributed by atoms with Crippen molar-refractivity contribution in [2.75, 3.05) is 13.2 Å². The molecule has 3 aliphatic rings. The normalized spacial score (nSPS) is 28.0. The van der Waals surface area contributed by atoms with Crippen molar-refractivity contribution in [3.8, 4) is 11.1 Å². The number of amides is 1. The minimum absolute atomic E-state index is 0.0935. The highest BCUT2D eigenvalue weighted by Crippen LogP contribution is 2.53. The zero-order valence-corrected chi connectivity index (χ0v) is 15.5. The summed E-state index contributed by atoms with van der Waals surface area (Å²) >= 11 is 0. The summed E-state index contributed by atoms with van der Waals surface area (Å²) in [5.41, 5.74) is 11.1. The van der Waals surface area contributed by atoms with Gasteiger partial charge in [0.05, 0.1) is 0 Å². The molecular formula is C23H26N2O2. The number of alkyl carbamates (subject to hydrolysis) is 1. The standard InChI is InChI=1S/C23H26N2O2/c24-14-23-10-9-15(12-23)11-21(23)25-22(26)27-13-20-18-7-3-1-5-16(18)17-6-2-4-8-19(17)20/h1-8,15,20-21H,9-14,24H2,(H,25,26). The van der Waals surface area contributed by atoms with Gasteiger partial charge in [0.25, 0.3) is 0 Å². The van der Waals surface area contributed by atoms with Crippen LogP contribution in [-0.2, 0) is 4.74 Å². The lowest BCUT2D eigenvalue weighted by atomic mass is 9.80. The fourth-order valence-corrected chi connectivity index (χ4v) is 5.69. The molecule has 5 rings (SSSR count). The molecule has 0 aliphatic heterocycles. The van der Waals surface area contributed by atoms with Gasteiger partial charge in [0.1, 0.15) is 6.61 Å². The van der Waals surface area contributed by atoms with Crippen LogP contribution < -0.4 is 11.1 Å². The SMILES string of the molecule is NCC12CCC(CC1NC(=O)OCC1c3ccccc3-c3ccccc31)C2. The summed E-state index contributed by atoms with van der Waals surface area (Å²) in [7, 11) is 0. The van der Waals surface area contributed by atoms with E-state index in [-0.39, 0.29) is 23.5 Å². The van der Waals surface area contributed by atoms with Gasteiger partial charge in [0, 0.05) is 17.4 Å². The number of carbonyl (C=O) groups is 1. The fourth-order valence-electron chi connectivity index (χ4n) is 5.69. The van der Waals surface area contributed by atoms with Crippen LogP contribution in [0.15, 0.2) is 48.5 Å². The number of ether oxygens (including phenoxy) is 1. The van der Waals surface area contributed by atoms with Crippen molar-refractivity contribution < 1.29 is 9.53 Å². The predicted molar refractivity (Wildman–Crippen MR) is 105 cm³/mol. The van der Waals surface area contributed by atoms with Crippen molar-refractivity contribution in [1.29, 1.82) is 0 Å². The maximum Gasteiger partial charge on any atom is 0.407 e. The lowest BCUT2D eigenvalue weighted by molar-refractivity contribution is 0.125. The molecule has 2 aromatic carbocycles. The highest BCUT2D eigenvalue weighted by Gasteiger charge is 2.51. The Balaban J connectivity index is 1.29. The largest absolute Gasteiger partial charge is 0.449 e. The number of hydrogen-bond donors (Lipinski definition) is 2. The second kappa shape index (κ2) is 6.38. The average molecular weight is 362 g/mol. The van der Waals surface area contributed by atoms with E-state index in [4.69, 9.17) is 10.5 Å². The Morgan fingerprint density at radius 1 is 1.11 bits per heavy atom. The zero-order valence-electron chi connectivity index (χ0n) is 15.5. The van der Waals surface area contributed by atoms with E-state index < -0.39 is 0 Å². The third kappa shape index (κ3) is 2.66. The fraction of sp³-hybridized carbons (Fsp3) is 0.435. The van der Waals surface area contributed by atoms with Crippen LogP contribution >= 0.6 is 0 Å². The van der Waals surface area contributed by atoms with Gasteiger partial charge in [-0.05, 0) is 60.4 Å². The van der Waals surface area contributed by atoms with E-state index in [0.717, 1.165) is 19.3 Å². The highest BCUT2D eigenvalue weighted by molar-refractivity contribution is 5.79. The summed E-state index contributed by atoms with van der Waals surface area (Å²) < 4.78 is 5.71. The molecule has 3 N–H and O–H groups in total. The van der Waals surface area contributed by atoms with Crippen LogP contribution in [0, 0.1) is 11.3 Å². The van der Waals surface area contributed by atoms with E-state index in [1.165, 1.54) is 28.7 Å². The van der Waals surface area contributed by atoms with Gasteiger partial charge in [-0.25, -0.2) is 4.79 Å². The summed E-state index contributed by atoms with van der Waals surface area (Å²) in [6.45, 7) is 1.02. The first-order chi connectivity index (χ1) is 13.2. The van der Waals surface area contributed by atoms with Gasteiger partial charge < -0.3 is 15.8 Å². The molecule has 1 amide bonds. The lowest BCUT2D eigenvalue weighted by Gasteiger charge is -2.34. The number of nitrogens with two attached hydrogens (primary N) is 1. The van der Waals surface area contributed by atoms with E-state index in [9.17, 15) is 4.79 Å². The first-order valence-corrected chi connectivity index (χ1v) is 10.0. The molecule has 3 unspecified atom stereocenters. The molecule has 3 atom stereocenters. The molecule has 0 radical (unpaired) electrons. The molecule has 4 heteroatoms. The Morgan fingerprint density at radius 2 is 1.78 bits per heavy atom. The Morgan fingerprint density at radius 3 is 2.41 bits per heavy atom. The van der Waals surface area contributed by atoms with Crippen LogP contribution in [-0.4, -0.2) is 25.3 Å². The number of nitrogens with one attached hydrogen (secondary N) is 1. The summed E-state index contributed by atoms with van der Waals surface area (Å²) in [6.07, 6.45) is 4.27. The molecule has 2 aromatic rings. The summed E-state index contributed by atoms with van der Waals surface area (Å²) in [5, 5.41) is 3.13. The van der Waals surface area contributed by atoms with Crippen molar-refractivity contribution in [3.63, 3.8) is 0 Å². The number of carbonyl (C=O) groups excluding carboxylic acids is 1. The predicted octanol–water partition coefficient (Wildman–Crippen LogP) is 4.04. The van der Waals surface area contributed by atoms with E-state index in [1.54, 1.807) is 0 Å². The van der Waals surface area contributed by atoms with E-state index in [2.05, 4.69) is 53.8 Å². The second-order valence-corrected chi connectivity index (χ2v) is 8.43. The van der Waals surface area contributed by atoms with Crippen molar-refractivity contribution in [2.24, 2.45) is 17.1 Å². The smallest absolute Gasteiger partial charge is 0.407 e. The summed E-state index contributed by atoms with van der Waals surface area (Å²) in [4.78, 5) is 12.5. The highest BCUT2D eigenvalue weighted by atomic mass is 16.5. The average Bonchev–Trinajstić information content (AvgIpc) is 3.36. The zero-order chi connectivity index (χ0) is 18.4. The first-order valence-electron chi connectivity index (χ1n) is 10.0. The van der Waals surface area contributed by atoms with Gasteiger partial charge in [-0.15, -0.1) is 0 Å². The molecule has 2 bridgehead atoms. The van der Waals surface area contributed by atoms with Gasteiger partial charge in [-0.3, -0.25) is 0 Å². The van der Waals surface area contributed by atoms with E-state index >= 15 is 0 Å². The molecule has 0 saturated heterocycles. The van der Waals surface area contributed by atoms with Gasteiger partial charge in [-0.2, -0.15) is 0 Å².